The lowest BCUT2D eigenvalue weighted by atomic mass is 10.1. The molecule has 4 rings (SSSR count). The minimum atomic E-state index is -0.707. The molecular weight excluding hydrogens is 468 g/mol. The van der Waals surface area contributed by atoms with Crippen LogP contribution in [0, 0.1) is 0 Å². The average molecular weight is 495 g/mol. The Balaban J connectivity index is 1.42. The Labute approximate surface area is 207 Å². The van der Waals surface area contributed by atoms with Crippen LogP contribution in [0.15, 0.2) is 58.5 Å². The third-order valence-electron chi connectivity index (χ3n) is 5.49. The number of ether oxygens (including phenoxy) is 2. The van der Waals surface area contributed by atoms with Crippen LogP contribution in [0.5, 0.6) is 5.75 Å². The van der Waals surface area contributed by atoms with E-state index in [0.717, 1.165) is 22.9 Å². The number of methoxy groups -OCH3 is 1. The van der Waals surface area contributed by atoms with Gasteiger partial charge in [-0.25, -0.2) is 9.89 Å². The zero-order valence-corrected chi connectivity index (χ0v) is 20.3. The predicted molar refractivity (Wildman–Crippen MR) is 134 cm³/mol. The Hall–Kier alpha value is -3.66. The Kier molecular flexibility index (Phi) is 7.81. The van der Waals surface area contributed by atoms with E-state index < -0.39 is 6.04 Å². The first kappa shape index (κ1) is 24.5. The van der Waals surface area contributed by atoms with Gasteiger partial charge in [0.1, 0.15) is 17.6 Å². The molecule has 1 N–H and O–H groups in total. The SMILES string of the molecule is CCOC(=O)CSC1=Nc2ccccc2C2=NC(CCC(=O)NCc3ccccc3OC)C(=O)N12. The highest BCUT2D eigenvalue weighted by Crippen LogP contribution is 2.34. The van der Waals surface area contributed by atoms with E-state index >= 15 is 0 Å². The van der Waals surface area contributed by atoms with Gasteiger partial charge in [-0.05, 0) is 31.5 Å². The van der Waals surface area contributed by atoms with Crippen LogP contribution in [-0.2, 0) is 25.7 Å². The summed E-state index contributed by atoms with van der Waals surface area (Å²) in [6.07, 6.45) is 0.398. The fourth-order valence-corrected chi connectivity index (χ4v) is 4.61. The number of hydrogen-bond acceptors (Lipinski definition) is 8. The number of nitrogens with one attached hydrogen (secondary N) is 1. The van der Waals surface area contributed by atoms with Crippen molar-refractivity contribution in [3.8, 4) is 5.75 Å². The number of aliphatic imine (C=N–C) groups is 2. The van der Waals surface area contributed by atoms with Crippen molar-refractivity contribution < 1.29 is 23.9 Å². The summed E-state index contributed by atoms with van der Waals surface area (Å²) in [4.78, 5) is 48.3. The van der Waals surface area contributed by atoms with Crippen molar-refractivity contribution in [2.45, 2.75) is 32.4 Å². The van der Waals surface area contributed by atoms with E-state index in [1.807, 2.05) is 48.5 Å². The fraction of sp³-hybridized carbons (Fsp3) is 0.320. The molecule has 2 aliphatic rings. The monoisotopic (exact) mass is 494 g/mol. The molecule has 1 unspecified atom stereocenters. The van der Waals surface area contributed by atoms with E-state index in [-0.39, 0.29) is 43.0 Å². The molecule has 10 heteroatoms. The lowest BCUT2D eigenvalue weighted by Crippen LogP contribution is -2.41. The second kappa shape index (κ2) is 11.2. The van der Waals surface area contributed by atoms with Crippen molar-refractivity contribution in [1.29, 1.82) is 0 Å². The molecule has 0 spiro atoms. The number of nitrogens with zero attached hydrogens (tertiary/aromatic N) is 3. The Bertz CT molecular complexity index is 1200. The van der Waals surface area contributed by atoms with E-state index in [1.54, 1.807) is 14.0 Å². The van der Waals surface area contributed by atoms with Gasteiger partial charge in [0.15, 0.2) is 5.17 Å². The molecule has 2 heterocycles. The number of esters is 1. The largest absolute Gasteiger partial charge is 0.496 e. The summed E-state index contributed by atoms with van der Waals surface area (Å²) in [5.74, 6) is 0.399. The van der Waals surface area contributed by atoms with Crippen LogP contribution in [0.4, 0.5) is 5.69 Å². The summed E-state index contributed by atoms with van der Waals surface area (Å²) < 4.78 is 10.3. The third-order valence-corrected chi connectivity index (χ3v) is 6.40. The lowest BCUT2D eigenvalue weighted by Gasteiger charge is -2.25. The van der Waals surface area contributed by atoms with Crippen molar-refractivity contribution in [3.05, 3.63) is 59.7 Å². The van der Waals surface area contributed by atoms with E-state index in [4.69, 9.17) is 9.47 Å². The van der Waals surface area contributed by atoms with Crippen LogP contribution in [0.3, 0.4) is 0 Å². The highest BCUT2D eigenvalue weighted by Gasteiger charge is 2.41. The molecule has 0 saturated carbocycles. The van der Waals surface area contributed by atoms with Crippen molar-refractivity contribution in [3.63, 3.8) is 0 Å². The molecule has 0 bridgehead atoms. The molecule has 2 aromatic carbocycles. The summed E-state index contributed by atoms with van der Waals surface area (Å²) in [7, 11) is 1.58. The molecule has 0 fully saturated rings. The minimum absolute atomic E-state index is 0.0297. The fourth-order valence-electron chi connectivity index (χ4n) is 3.81. The second-order valence-corrected chi connectivity index (χ2v) is 8.72. The van der Waals surface area contributed by atoms with Gasteiger partial charge in [0, 0.05) is 24.1 Å². The number of amidine groups is 2. The van der Waals surface area contributed by atoms with Crippen molar-refractivity contribution in [2.24, 2.45) is 9.98 Å². The maximum Gasteiger partial charge on any atom is 0.316 e. The normalized spacial score (nSPS) is 16.1. The van der Waals surface area contributed by atoms with Gasteiger partial charge in [-0.1, -0.05) is 42.1 Å². The summed E-state index contributed by atoms with van der Waals surface area (Å²) >= 11 is 1.13. The number of amides is 2. The van der Waals surface area contributed by atoms with Crippen molar-refractivity contribution >= 4 is 46.2 Å². The quantitative estimate of drug-likeness (QED) is 0.537. The zero-order chi connectivity index (χ0) is 24.8. The number of thioether (sulfide) groups is 1. The topological polar surface area (TPSA) is 110 Å². The van der Waals surface area contributed by atoms with Gasteiger partial charge in [-0.15, -0.1) is 0 Å². The molecule has 2 aliphatic heterocycles. The summed E-state index contributed by atoms with van der Waals surface area (Å²) in [6.45, 7) is 2.35. The molecular formula is C25H26N4O5S. The number of carbonyl (C=O) groups is 3. The van der Waals surface area contributed by atoms with Crippen LogP contribution in [0.25, 0.3) is 0 Å². The van der Waals surface area contributed by atoms with Crippen molar-refractivity contribution in [1.82, 2.24) is 10.2 Å². The van der Waals surface area contributed by atoms with Gasteiger partial charge in [0.2, 0.25) is 5.91 Å². The van der Waals surface area contributed by atoms with Gasteiger partial charge in [-0.3, -0.25) is 19.4 Å². The molecule has 0 saturated heterocycles. The van der Waals surface area contributed by atoms with Crippen LogP contribution >= 0.6 is 11.8 Å². The molecule has 0 radical (unpaired) electrons. The van der Waals surface area contributed by atoms with Crippen LogP contribution in [0.1, 0.15) is 30.9 Å². The minimum Gasteiger partial charge on any atom is -0.496 e. The lowest BCUT2D eigenvalue weighted by molar-refractivity contribution is -0.139. The van der Waals surface area contributed by atoms with Crippen molar-refractivity contribution in [2.75, 3.05) is 19.5 Å². The zero-order valence-electron chi connectivity index (χ0n) is 19.5. The predicted octanol–water partition coefficient (Wildman–Crippen LogP) is 3.05. The average Bonchev–Trinajstić information content (AvgIpc) is 3.21. The molecule has 0 aromatic heterocycles. The summed E-state index contributed by atoms with van der Waals surface area (Å²) in [5.41, 5.74) is 2.29. The van der Waals surface area contributed by atoms with E-state index in [2.05, 4.69) is 15.3 Å². The molecule has 1 atom stereocenters. The maximum atomic E-state index is 13.3. The van der Waals surface area contributed by atoms with Gasteiger partial charge < -0.3 is 14.8 Å². The second-order valence-electron chi connectivity index (χ2n) is 7.77. The number of benzene rings is 2. The van der Waals surface area contributed by atoms with Gasteiger partial charge in [0.05, 0.1) is 25.2 Å². The molecule has 9 nitrogen and oxygen atoms in total. The highest BCUT2D eigenvalue weighted by molar-refractivity contribution is 8.14. The third kappa shape index (κ3) is 5.54. The Morgan fingerprint density at radius 3 is 2.71 bits per heavy atom. The standard InChI is InChI=1S/C25H26N4O5S/c1-3-34-22(31)15-35-25-28-18-10-6-5-9-17(18)23-27-19(24(32)29(23)25)12-13-21(30)26-14-16-8-4-7-11-20(16)33-2/h4-11,19H,3,12-15H2,1-2H3,(H,26,30). The number of rotatable bonds is 9. The first-order chi connectivity index (χ1) is 17.0. The molecule has 35 heavy (non-hydrogen) atoms. The van der Waals surface area contributed by atoms with E-state index in [1.165, 1.54) is 4.90 Å². The molecule has 2 aromatic rings. The Morgan fingerprint density at radius 1 is 1.14 bits per heavy atom. The highest BCUT2D eigenvalue weighted by atomic mass is 32.2. The van der Waals surface area contributed by atoms with Crippen LogP contribution in [0.2, 0.25) is 0 Å². The maximum absolute atomic E-state index is 13.3. The first-order valence-corrected chi connectivity index (χ1v) is 12.3. The molecule has 2 amide bonds. The Morgan fingerprint density at radius 2 is 1.91 bits per heavy atom. The molecule has 182 valence electrons. The smallest absolute Gasteiger partial charge is 0.316 e. The number of carbonyl (C=O) groups excluding carboxylic acids is 3. The van der Waals surface area contributed by atoms with Gasteiger partial charge in [-0.2, -0.15) is 0 Å². The number of hydrogen-bond donors (Lipinski definition) is 1. The summed E-state index contributed by atoms with van der Waals surface area (Å²) in [6, 6.07) is 14.2. The van der Waals surface area contributed by atoms with Gasteiger partial charge >= 0.3 is 5.97 Å². The number of para-hydroxylation sites is 2. The van der Waals surface area contributed by atoms with Gasteiger partial charge in [0.25, 0.3) is 5.91 Å². The first-order valence-electron chi connectivity index (χ1n) is 11.3. The number of fused-ring (bicyclic) bond motifs is 3. The van der Waals surface area contributed by atoms with Crippen LogP contribution in [-0.4, -0.2) is 59.2 Å². The van der Waals surface area contributed by atoms with Crippen LogP contribution < -0.4 is 10.1 Å². The molecule has 0 aliphatic carbocycles. The van der Waals surface area contributed by atoms with E-state index in [0.29, 0.717) is 29.0 Å². The summed E-state index contributed by atoms with van der Waals surface area (Å²) in [5, 5.41) is 3.25. The van der Waals surface area contributed by atoms with E-state index in [9.17, 15) is 14.4 Å².